The monoisotopic (exact) mass is 457 g/mol. The van der Waals surface area contributed by atoms with E-state index >= 15 is 0 Å². The van der Waals surface area contributed by atoms with Gasteiger partial charge in [-0.1, -0.05) is 31.4 Å². The van der Waals surface area contributed by atoms with Crippen molar-refractivity contribution in [3.63, 3.8) is 0 Å². The Labute approximate surface area is 196 Å². The summed E-state index contributed by atoms with van der Waals surface area (Å²) in [7, 11) is 0. The molecule has 3 fully saturated rings. The predicted molar refractivity (Wildman–Crippen MR) is 127 cm³/mol. The van der Waals surface area contributed by atoms with Crippen LogP contribution < -0.4 is 5.73 Å². The van der Waals surface area contributed by atoms with Gasteiger partial charge in [0.25, 0.3) is 5.91 Å². The highest BCUT2D eigenvalue weighted by Gasteiger charge is 2.41. The molecule has 1 aliphatic carbocycles. The third-order valence-corrected chi connectivity index (χ3v) is 8.15. The first-order valence-electron chi connectivity index (χ1n) is 12.7. The van der Waals surface area contributed by atoms with Crippen molar-refractivity contribution in [1.82, 2.24) is 9.80 Å². The molecule has 2 bridgehead atoms. The van der Waals surface area contributed by atoms with Crippen LogP contribution in [0.3, 0.4) is 0 Å². The van der Waals surface area contributed by atoms with Crippen molar-refractivity contribution in [3.05, 3.63) is 35.4 Å². The van der Waals surface area contributed by atoms with E-state index in [4.69, 9.17) is 5.73 Å². The van der Waals surface area contributed by atoms with Gasteiger partial charge >= 0.3 is 0 Å². The Balaban J connectivity index is 1.36. The number of hydrogen-bond acceptors (Lipinski definition) is 5. The number of hydrogen-bond donors (Lipinski definition) is 3. The molecule has 2 amide bonds. The summed E-state index contributed by atoms with van der Waals surface area (Å²) in [6.45, 7) is 1.59. The molecule has 2 unspecified atom stereocenters. The number of amides is 2. The maximum Gasteiger partial charge on any atom is 0.253 e. The number of rotatable bonds is 9. The molecule has 7 nitrogen and oxygen atoms in total. The van der Waals surface area contributed by atoms with E-state index < -0.39 is 18.6 Å². The second-order valence-electron chi connectivity index (χ2n) is 10.3. The van der Waals surface area contributed by atoms with Crippen LogP contribution in [0.2, 0.25) is 0 Å². The first kappa shape index (κ1) is 24.2. The zero-order chi connectivity index (χ0) is 23.4. The Kier molecular flexibility index (Phi) is 8.04. The number of piperidine rings is 1. The fourth-order valence-corrected chi connectivity index (χ4v) is 6.33. The van der Waals surface area contributed by atoms with E-state index in [1.807, 2.05) is 29.2 Å². The van der Waals surface area contributed by atoms with Crippen LogP contribution in [0.5, 0.6) is 0 Å². The number of primary amides is 1. The molecule has 0 aromatic heterocycles. The Morgan fingerprint density at radius 1 is 1.03 bits per heavy atom. The maximum atomic E-state index is 12.8. The van der Waals surface area contributed by atoms with Gasteiger partial charge in [0.05, 0.1) is 6.61 Å². The smallest absolute Gasteiger partial charge is 0.253 e. The van der Waals surface area contributed by atoms with E-state index in [0.717, 1.165) is 32.2 Å². The van der Waals surface area contributed by atoms with Gasteiger partial charge in [-0.3, -0.25) is 14.5 Å². The molecular formula is C26H39N3O4. The van der Waals surface area contributed by atoms with Crippen molar-refractivity contribution in [2.24, 2.45) is 11.7 Å². The minimum absolute atomic E-state index is 0.333. The molecule has 3 aliphatic rings. The number of nitrogens with zero attached hydrogens (tertiary/aromatic N) is 2. The molecule has 0 spiro atoms. The summed E-state index contributed by atoms with van der Waals surface area (Å²) < 4.78 is 0. The van der Waals surface area contributed by atoms with Crippen LogP contribution in [-0.2, 0) is 4.79 Å². The third-order valence-electron chi connectivity index (χ3n) is 8.15. The molecule has 3 atom stereocenters. The van der Waals surface area contributed by atoms with E-state index in [-0.39, 0.29) is 5.91 Å². The van der Waals surface area contributed by atoms with Gasteiger partial charge in [-0.2, -0.15) is 0 Å². The van der Waals surface area contributed by atoms with Crippen LogP contribution in [-0.4, -0.2) is 76.3 Å². The zero-order valence-electron chi connectivity index (χ0n) is 19.6. The molecule has 4 N–H and O–H groups in total. The summed E-state index contributed by atoms with van der Waals surface area (Å²) >= 11 is 0. The molecule has 2 heterocycles. The van der Waals surface area contributed by atoms with E-state index in [0.29, 0.717) is 42.6 Å². The SMILES string of the molecule is NC(=O)c1ccc(C2CC3CCC(C2)N3CCN(CC2CCCCC2)C(=O)[C@@H](O)CO)cc1. The fraction of sp³-hybridized carbons (Fsp3) is 0.692. The number of aliphatic hydroxyl groups excluding tert-OH is 2. The highest BCUT2D eigenvalue weighted by Crippen LogP contribution is 2.43. The number of carbonyl (C=O) groups excluding carboxylic acids is 2. The number of nitrogens with two attached hydrogens (primary N) is 1. The van der Waals surface area contributed by atoms with Crippen LogP contribution >= 0.6 is 0 Å². The minimum atomic E-state index is -1.32. The second-order valence-corrected chi connectivity index (χ2v) is 10.3. The van der Waals surface area contributed by atoms with Gasteiger partial charge in [0, 0.05) is 37.3 Å². The number of fused-ring (bicyclic) bond motifs is 2. The highest BCUT2D eigenvalue weighted by molar-refractivity contribution is 5.92. The zero-order valence-corrected chi connectivity index (χ0v) is 19.6. The number of carbonyl (C=O) groups is 2. The maximum absolute atomic E-state index is 12.8. The van der Waals surface area contributed by atoms with E-state index in [1.54, 1.807) is 0 Å². The first-order valence-corrected chi connectivity index (χ1v) is 12.7. The fourth-order valence-electron chi connectivity index (χ4n) is 6.33. The largest absolute Gasteiger partial charge is 0.393 e. The molecule has 0 radical (unpaired) electrons. The molecule has 1 aromatic carbocycles. The van der Waals surface area contributed by atoms with Gasteiger partial charge in [-0.05, 0) is 68.1 Å². The molecule has 33 heavy (non-hydrogen) atoms. The van der Waals surface area contributed by atoms with Crippen LogP contribution in [0.25, 0.3) is 0 Å². The van der Waals surface area contributed by atoms with Gasteiger partial charge in [-0.25, -0.2) is 0 Å². The van der Waals surface area contributed by atoms with Crippen molar-refractivity contribution < 1.29 is 19.8 Å². The Hall–Kier alpha value is -1.96. The van der Waals surface area contributed by atoms with Crippen LogP contribution in [0.1, 0.15) is 79.6 Å². The average molecular weight is 458 g/mol. The third kappa shape index (κ3) is 5.76. The van der Waals surface area contributed by atoms with E-state index in [9.17, 15) is 19.8 Å². The summed E-state index contributed by atoms with van der Waals surface area (Å²) in [6, 6.07) is 8.74. The molecular weight excluding hydrogens is 418 g/mol. The van der Waals surface area contributed by atoms with Crippen molar-refractivity contribution in [2.75, 3.05) is 26.2 Å². The van der Waals surface area contributed by atoms with E-state index in [1.165, 1.54) is 37.7 Å². The highest BCUT2D eigenvalue weighted by atomic mass is 16.3. The molecule has 2 saturated heterocycles. The van der Waals surface area contributed by atoms with Crippen molar-refractivity contribution >= 4 is 11.8 Å². The van der Waals surface area contributed by atoms with Gasteiger partial charge < -0.3 is 20.8 Å². The summed E-state index contributed by atoms with van der Waals surface area (Å²) in [5.41, 5.74) is 7.20. The predicted octanol–water partition coefficient (Wildman–Crippen LogP) is 2.26. The molecule has 1 saturated carbocycles. The van der Waals surface area contributed by atoms with Crippen LogP contribution in [0.4, 0.5) is 0 Å². The molecule has 7 heteroatoms. The Bertz CT molecular complexity index is 794. The lowest BCUT2D eigenvalue weighted by atomic mass is 9.84. The Morgan fingerprint density at radius 2 is 1.67 bits per heavy atom. The molecule has 4 rings (SSSR count). The summed E-state index contributed by atoms with van der Waals surface area (Å²) in [6.07, 6.45) is 9.19. The van der Waals surface area contributed by atoms with Gasteiger partial charge in [0.2, 0.25) is 5.91 Å². The second kappa shape index (κ2) is 11.0. The quantitative estimate of drug-likeness (QED) is 0.527. The summed E-state index contributed by atoms with van der Waals surface area (Å²) in [5, 5.41) is 19.3. The number of aliphatic hydroxyl groups is 2. The summed E-state index contributed by atoms with van der Waals surface area (Å²) in [4.78, 5) is 28.5. The van der Waals surface area contributed by atoms with Crippen LogP contribution in [0.15, 0.2) is 24.3 Å². The molecule has 1 aromatic rings. The van der Waals surface area contributed by atoms with Gasteiger partial charge in [0.15, 0.2) is 6.10 Å². The lowest BCUT2D eigenvalue weighted by Gasteiger charge is -2.40. The molecule has 2 aliphatic heterocycles. The lowest BCUT2D eigenvalue weighted by Crippen LogP contribution is -2.50. The lowest BCUT2D eigenvalue weighted by molar-refractivity contribution is -0.143. The average Bonchev–Trinajstić information content (AvgIpc) is 3.07. The van der Waals surface area contributed by atoms with Crippen molar-refractivity contribution in [1.29, 1.82) is 0 Å². The van der Waals surface area contributed by atoms with E-state index in [2.05, 4.69) is 4.90 Å². The number of benzene rings is 1. The topological polar surface area (TPSA) is 107 Å². The van der Waals surface area contributed by atoms with Crippen molar-refractivity contribution in [2.45, 2.75) is 81.9 Å². The first-order chi connectivity index (χ1) is 16.0. The van der Waals surface area contributed by atoms with Gasteiger partial charge in [-0.15, -0.1) is 0 Å². The van der Waals surface area contributed by atoms with Crippen molar-refractivity contribution in [3.8, 4) is 0 Å². The Morgan fingerprint density at radius 3 is 2.24 bits per heavy atom. The summed E-state index contributed by atoms with van der Waals surface area (Å²) in [5.74, 6) is 0.256. The normalized spacial score (nSPS) is 26.8. The van der Waals surface area contributed by atoms with Gasteiger partial charge in [0.1, 0.15) is 0 Å². The standard InChI is InChI=1S/C26H39N3O4/c27-25(32)20-8-6-19(7-9-20)21-14-22-10-11-23(15-21)29(22)13-12-28(26(33)24(31)17-30)16-18-4-2-1-3-5-18/h6-9,18,21-24,30-31H,1-5,10-17H2,(H2,27,32)/t21?,22?,23?,24-/m0/s1. The molecule has 182 valence electrons. The van der Waals surface area contributed by atoms with Crippen LogP contribution in [0, 0.1) is 5.92 Å². The minimum Gasteiger partial charge on any atom is -0.393 e.